The van der Waals surface area contributed by atoms with Gasteiger partial charge in [-0.1, -0.05) is 42.5 Å². The summed E-state index contributed by atoms with van der Waals surface area (Å²) in [6.07, 6.45) is 1.51. The second kappa shape index (κ2) is 6.65. The first kappa shape index (κ1) is 18.8. The Morgan fingerprint density at radius 2 is 1.44 bits per heavy atom. The van der Waals surface area contributed by atoms with Crippen molar-refractivity contribution in [2.75, 3.05) is 0 Å². The number of aromatic nitrogens is 2. The molecule has 7 rings (SSSR count). The van der Waals surface area contributed by atoms with Crippen molar-refractivity contribution in [1.82, 2.24) is 9.55 Å². The summed E-state index contributed by atoms with van der Waals surface area (Å²) in [5.74, 6) is 1.09. The molecule has 0 saturated heterocycles. The van der Waals surface area contributed by atoms with E-state index < -0.39 is 0 Å². The van der Waals surface area contributed by atoms with Crippen molar-refractivity contribution in [1.29, 1.82) is 0 Å². The van der Waals surface area contributed by atoms with E-state index in [2.05, 4.69) is 4.98 Å². The minimum Gasteiger partial charge on any atom is -0.453 e. The van der Waals surface area contributed by atoms with Crippen LogP contribution in [0.25, 0.3) is 50.6 Å². The van der Waals surface area contributed by atoms with Gasteiger partial charge in [0.05, 0.1) is 5.57 Å². The summed E-state index contributed by atoms with van der Waals surface area (Å²) >= 11 is 0. The molecule has 0 amide bonds. The maximum atomic E-state index is 13.0. The van der Waals surface area contributed by atoms with E-state index in [0.717, 1.165) is 27.3 Å². The van der Waals surface area contributed by atoms with Gasteiger partial charge >= 0.3 is 0 Å². The number of imidazole rings is 1. The van der Waals surface area contributed by atoms with Gasteiger partial charge in [-0.15, -0.1) is 0 Å². The van der Waals surface area contributed by atoms with Gasteiger partial charge in [-0.3, -0.25) is 9.59 Å². The van der Waals surface area contributed by atoms with Crippen molar-refractivity contribution in [2.45, 2.75) is 0 Å². The number of carbonyl (C=O) groups excluding carboxylic acids is 2. The van der Waals surface area contributed by atoms with Crippen LogP contribution in [0, 0.1) is 0 Å². The van der Waals surface area contributed by atoms with Crippen molar-refractivity contribution < 1.29 is 18.4 Å². The number of allylic oxidation sites excluding steroid dienone is 1. The second-order valence-electron chi connectivity index (χ2n) is 8.44. The van der Waals surface area contributed by atoms with Gasteiger partial charge in [-0.25, -0.2) is 0 Å². The monoisotopic (exact) mass is 444 g/mol. The van der Waals surface area contributed by atoms with Crippen LogP contribution in [0.15, 0.2) is 87.2 Å². The highest BCUT2D eigenvalue weighted by Crippen LogP contribution is 2.34. The van der Waals surface area contributed by atoms with Crippen LogP contribution in [-0.4, -0.2) is 21.1 Å². The van der Waals surface area contributed by atoms with Crippen LogP contribution >= 0.6 is 0 Å². The van der Waals surface area contributed by atoms with Crippen molar-refractivity contribution in [3.63, 3.8) is 0 Å². The van der Waals surface area contributed by atoms with Gasteiger partial charge in [-0.2, -0.15) is 4.98 Å². The van der Waals surface area contributed by atoms with E-state index in [1.807, 2.05) is 66.2 Å². The van der Waals surface area contributed by atoms with Gasteiger partial charge in [-0.05, 0) is 41.1 Å². The van der Waals surface area contributed by atoms with Gasteiger partial charge in [0.1, 0.15) is 16.9 Å². The van der Waals surface area contributed by atoms with Crippen molar-refractivity contribution in [2.24, 2.45) is 7.05 Å². The molecule has 0 fully saturated rings. The number of hydrogen-bond acceptors (Lipinski definition) is 5. The molecule has 162 valence electrons. The van der Waals surface area contributed by atoms with E-state index in [1.54, 1.807) is 18.2 Å². The Hall–Kier alpha value is -4.71. The molecule has 3 heterocycles. The molecule has 3 aromatic heterocycles. The van der Waals surface area contributed by atoms with Crippen molar-refractivity contribution in [3.05, 3.63) is 95.3 Å². The molecule has 6 nitrogen and oxygen atoms in total. The molecule has 0 unspecified atom stereocenters. The molecule has 0 bridgehead atoms. The number of aryl methyl sites for hydroxylation is 1. The van der Waals surface area contributed by atoms with Crippen LogP contribution < -0.4 is 0 Å². The molecule has 6 aromatic rings. The number of hydrogen-bond donors (Lipinski definition) is 0. The van der Waals surface area contributed by atoms with E-state index in [1.165, 1.54) is 6.08 Å². The summed E-state index contributed by atoms with van der Waals surface area (Å²) in [7, 11) is 1.87. The van der Waals surface area contributed by atoms with Gasteiger partial charge < -0.3 is 13.4 Å². The summed E-state index contributed by atoms with van der Waals surface area (Å²) in [6.45, 7) is 0. The highest BCUT2D eigenvalue weighted by molar-refractivity contribution is 6.42. The Balaban J connectivity index is 1.29. The molecule has 0 saturated carbocycles. The smallest absolute Gasteiger partial charge is 0.245 e. The zero-order valence-electron chi connectivity index (χ0n) is 18.0. The maximum absolute atomic E-state index is 13.0. The molecule has 1 aliphatic carbocycles. The molecule has 6 heteroatoms. The van der Waals surface area contributed by atoms with Gasteiger partial charge in [0.2, 0.25) is 5.71 Å². The molecule has 0 N–H and O–H groups in total. The molecular weight excluding hydrogens is 428 g/mol. The Morgan fingerprint density at radius 3 is 2.09 bits per heavy atom. The third kappa shape index (κ3) is 2.59. The quantitative estimate of drug-likeness (QED) is 0.235. The zero-order chi connectivity index (χ0) is 23.0. The number of Topliss-reactive ketones (excluding diaryl/α,β-unsaturated/α-hetero) is 2. The predicted molar refractivity (Wildman–Crippen MR) is 129 cm³/mol. The summed E-state index contributed by atoms with van der Waals surface area (Å²) in [4.78, 5) is 30.7. The lowest BCUT2D eigenvalue weighted by atomic mass is 10.0. The SMILES string of the molecule is Cn1c(-c2cc3ccccc3o2)nc2oc(C=C3C(=O)c4cc5ccccc5cc4C3=O)cc21. The first-order valence-electron chi connectivity index (χ1n) is 10.9. The summed E-state index contributed by atoms with van der Waals surface area (Å²) in [5, 5.41) is 2.84. The molecule has 0 radical (unpaired) electrons. The van der Waals surface area contributed by atoms with Crippen molar-refractivity contribution >= 4 is 50.6 Å². The topological polar surface area (TPSA) is 78.2 Å². The minimum atomic E-state index is -0.290. The average Bonchev–Trinajstić information content (AvgIpc) is 3.58. The number of fused-ring (bicyclic) bond motifs is 4. The Bertz CT molecular complexity index is 1770. The van der Waals surface area contributed by atoms with Gasteiger partial charge in [0.15, 0.2) is 23.2 Å². The number of benzene rings is 3. The highest BCUT2D eigenvalue weighted by atomic mass is 16.4. The second-order valence-corrected chi connectivity index (χ2v) is 8.44. The summed E-state index contributed by atoms with van der Waals surface area (Å²) < 4.78 is 13.7. The van der Waals surface area contributed by atoms with Crippen LogP contribution in [0.1, 0.15) is 26.5 Å². The molecule has 3 aromatic carbocycles. The van der Waals surface area contributed by atoms with Crippen LogP contribution in [0.4, 0.5) is 0 Å². The fraction of sp³-hybridized carbons (Fsp3) is 0.0357. The van der Waals surface area contributed by atoms with E-state index >= 15 is 0 Å². The minimum absolute atomic E-state index is 0.0990. The van der Waals surface area contributed by atoms with Gasteiger partial charge in [0, 0.05) is 29.6 Å². The van der Waals surface area contributed by atoms with Crippen LogP contribution in [-0.2, 0) is 7.05 Å². The first-order valence-corrected chi connectivity index (χ1v) is 10.9. The van der Waals surface area contributed by atoms with E-state index in [-0.39, 0.29) is 17.1 Å². The molecule has 34 heavy (non-hydrogen) atoms. The highest BCUT2D eigenvalue weighted by Gasteiger charge is 2.34. The van der Waals surface area contributed by atoms with E-state index in [9.17, 15) is 9.59 Å². The molecule has 0 atom stereocenters. The van der Waals surface area contributed by atoms with Crippen LogP contribution in [0.3, 0.4) is 0 Å². The predicted octanol–water partition coefficient (Wildman–Crippen LogP) is 6.20. The lowest BCUT2D eigenvalue weighted by molar-refractivity contribution is 0.0990. The number of furan rings is 2. The first-order chi connectivity index (χ1) is 16.6. The Morgan fingerprint density at radius 1 is 0.794 bits per heavy atom. The standard InChI is InChI=1S/C28H16N2O4/c1-30-22-14-18(33-28(22)29-27(30)24-12-17-8-4-5-9-23(17)34-24)13-21-25(31)19-10-15-6-2-3-7-16(15)11-20(19)26(21)32/h2-14H,1H3. The molecule has 1 aliphatic rings. The number of para-hydroxylation sites is 1. The Labute approximate surface area is 192 Å². The zero-order valence-corrected chi connectivity index (χ0v) is 18.0. The lowest BCUT2D eigenvalue weighted by Crippen LogP contribution is -1.99. The molecule has 0 aliphatic heterocycles. The third-order valence-electron chi connectivity index (χ3n) is 6.40. The fourth-order valence-electron chi connectivity index (χ4n) is 4.66. The van der Waals surface area contributed by atoms with Gasteiger partial charge in [0.25, 0.3) is 0 Å². The third-order valence-corrected chi connectivity index (χ3v) is 6.40. The summed E-state index contributed by atoms with van der Waals surface area (Å²) in [5.41, 5.74) is 2.89. The van der Waals surface area contributed by atoms with Crippen molar-refractivity contribution in [3.8, 4) is 11.6 Å². The number of carbonyl (C=O) groups is 2. The number of rotatable bonds is 2. The largest absolute Gasteiger partial charge is 0.453 e. The maximum Gasteiger partial charge on any atom is 0.245 e. The molecular formula is C28H16N2O4. The lowest BCUT2D eigenvalue weighted by Gasteiger charge is -2.00. The fourth-order valence-corrected chi connectivity index (χ4v) is 4.66. The average molecular weight is 444 g/mol. The van der Waals surface area contributed by atoms with Crippen LogP contribution in [0.2, 0.25) is 0 Å². The summed E-state index contributed by atoms with van der Waals surface area (Å²) in [6, 6.07) is 22.7. The van der Waals surface area contributed by atoms with E-state index in [0.29, 0.717) is 34.2 Å². The van der Waals surface area contributed by atoms with Crippen LogP contribution in [0.5, 0.6) is 0 Å². The van der Waals surface area contributed by atoms with E-state index in [4.69, 9.17) is 8.83 Å². The normalized spacial score (nSPS) is 13.5. The number of ketones is 2. The number of nitrogens with zero attached hydrogens (tertiary/aromatic N) is 2. The Kier molecular flexibility index (Phi) is 3.68. The molecule has 0 spiro atoms.